The van der Waals surface area contributed by atoms with Crippen molar-refractivity contribution in [2.45, 2.75) is 26.8 Å². The monoisotopic (exact) mass is 408 g/mol. The minimum Gasteiger partial charge on any atom is -0.362 e. The maximum Gasteiger partial charge on any atom is 0.282 e. The van der Waals surface area contributed by atoms with E-state index in [1.54, 1.807) is 0 Å². The number of hydrogen-bond donors (Lipinski definition) is 0. The van der Waals surface area contributed by atoms with Crippen molar-refractivity contribution < 1.29 is 9.59 Å². The number of carbonyl (C=O) groups is 2. The zero-order valence-corrected chi connectivity index (χ0v) is 17.8. The van der Waals surface area contributed by atoms with Crippen molar-refractivity contribution in [1.29, 1.82) is 0 Å². The topological polar surface area (TPSA) is 40.6 Å². The molecule has 0 saturated carbocycles. The van der Waals surface area contributed by atoms with Crippen molar-refractivity contribution in [3.63, 3.8) is 0 Å². The average molecular weight is 409 g/mol. The molecule has 0 atom stereocenters. The Morgan fingerprint density at radius 3 is 2.26 bits per heavy atom. The highest BCUT2D eigenvalue weighted by Crippen LogP contribution is 2.37. The van der Waals surface area contributed by atoms with Crippen LogP contribution in [0.5, 0.6) is 0 Å². The third-order valence-electron chi connectivity index (χ3n) is 6.17. The minimum atomic E-state index is -0.251. The minimum absolute atomic E-state index is 0.239. The SMILES string of the molecule is Cc1ccc(C)c(N2C(=O)C(c3ccccc3)=C(N3CCc4ccccc4C3)C2=O)c1. The standard InChI is InChI=1S/C27H24N2O2/c1-18-12-13-19(2)23(16-18)29-26(30)24(21-9-4-3-5-10-21)25(27(29)31)28-15-14-20-8-6-7-11-22(20)17-28/h3-13,16H,14-15,17H2,1-2H3. The van der Waals surface area contributed by atoms with E-state index in [-0.39, 0.29) is 11.8 Å². The Bertz CT molecular complexity index is 1230. The Morgan fingerprint density at radius 2 is 1.48 bits per heavy atom. The number of nitrogens with zero attached hydrogens (tertiary/aromatic N) is 2. The van der Waals surface area contributed by atoms with Crippen LogP contribution in [0, 0.1) is 13.8 Å². The molecule has 3 aromatic carbocycles. The van der Waals surface area contributed by atoms with Gasteiger partial charge in [0.2, 0.25) is 0 Å². The maximum atomic E-state index is 13.8. The quantitative estimate of drug-likeness (QED) is 0.593. The number of imide groups is 1. The largest absolute Gasteiger partial charge is 0.362 e. The first-order valence-electron chi connectivity index (χ1n) is 10.6. The molecule has 31 heavy (non-hydrogen) atoms. The number of hydrogen-bond acceptors (Lipinski definition) is 3. The van der Waals surface area contributed by atoms with E-state index >= 15 is 0 Å². The van der Waals surface area contributed by atoms with Gasteiger partial charge in [-0.15, -0.1) is 0 Å². The summed E-state index contributed by atoms with van der Waals surface area (Å²) in [6.07, 6.45) is 0.854. The van der Waals surface area contributed by atoms with Crippen LogP contribution in [-0.2, 0) is 22.6 Å². The molecule has 0 aliphatic carbocycles. The molecule has 0 spiro atoms. The fraction of sp³-hybridized carbons (Fsp3) is 0.185. The molecule has 2 aliphatic rings. The lowest BCUT2D eigenvalue weighted by atomic mass is 9.98. The smallest absolute Gasteiger partial charge is 0.282 e. The number of fused-ring (bicyclic) bond motifs is 1. The summed E-state index contributed by atoms with van der Waals surface area (Å²) in [4.78, 5) is 30.9. The molecule has 154 valence electrons. The van der Waals surface area contributed by atoms with Crippen molar-refractivity contribution in [2.75, 3.05) is 11.4 Å². The highest BCUT2D eigenvalue weighted by molar-refractivity contribution is 6.45. The van der Waals surface area contributed by atoms with Crippen molar-refractivity contribution >= 4 is 23.1 Å². The van der Waals surface area contributed by atoms with Gasteiger partial charge in [-0.25, -0.2) is 4.90 Å². The van der Waals surface area contributed by atoms with Crippen LogP contribution in [0.3, 0.4) is 0 Å². The van der Waals surface area contributed by atoms with E-state index in [1.165, 1.54) is 16.0 Å². The molecule has 0 aromatic heterocycles. The van der Waals surface area contributed by atoms with Gasteiger partial charge in [-0.3, -0.25) is 9.59 Å². The Kier molecular flexibility index (Phi) is 4.70. The van der Waals surface area contributed by atoms with Crippen LogP contribution in [0.15, 0.2) is 78.5 Å². The maximum absolute atomic E-state index is 13.8. The first-order chi connectivity index (χ1) is 15.0. The number of aryl methyl sites for hydroxylation is 2. The number of amides is 2. The molecular formula is C27H24N2O2. The third kappa shape index (κ3) is 3.25. The van der Waals surface area contributed by atoms with Crippen molar-refractivity contribution in [2.24, 2.45) is 0 Å². The average Bonchev–Trinajstić information content (AvgIpc) is 3.05. The Labute approximate surface area is 182 Å². The van der Waals surface area contributed by atoms with Gasteiger partial charge in [0.15, 0.2) is 0 Å². The van der Waals surface area contributed by atoms with Crippen molar-refractivity contribution in [1.82, 2.24) is 4.90 Å². The summed E-state index contributed by atoms with van der Waals surface area (Å²) in [7, 11) is 0. The predicted molar refractivity (Wildman–Crippen MR) is 122 cm³/mol. The Morgan fingerprint density at radius 1 is 0.774 bits per heavy atom. The first kappa shape index (κ1) is 19.3. The summed E-state index contributed by atoms with van der Waals surface area (Å²) in [6.45, 7) is 5.25. The highest BCUT2D eigenvalue weighted by Gasteiger charge is 2.43. The van der Waals surface area contributed by atoms with Gasteiger partial charge in [-0.05, 0) is 54.2 Å². The van der Waals surface area contributed by atoms with E-state index in [2.05, 4.69) is 23.1 Å². The molecule has 4 nitrogen and oxygen atoms in total. The van der Waals surface area contributed by atoms with Crippen LogP contribution in [0.2, 0.25) is 0 Å². The summed E-state index contributed by atoms with van der Waals surface area (Å²) < 4.78 is 0. The molecule has 2 heterocycles. The van der Waals surface area contributed by atoms with Crippen LogP contribution >= 0.6 is 0 Å². The highest BCUT2D eigenvalue weighted by atomic mass is 16.2. The first-order valence-corrected chi connectivity index (χ1v) is 10.6. The van der Waals surface area contributed by atoms with E-state index in [1.807, 2.05) is 68.4 Å². The van der Waals surface area contributed by atoms with Crippen molar-refractivity contribution in [3.05, 3.63) is 106 Å². The fourth-order valence-electron chi connectivity index (χ4n) is 4.54. The van der Waals surface area contributed by atoms with E-state index in [4.69, 9.17) is 0 Å². The summed E-state index contributed by atoms with van der Waals surface area (Å²) in [5.41, 5.74) is 6.88. The van der Waals surface area contributed by atoms with Gasteiger partial charge in [0, 0.05) is 13.1 Å². The molecule has 0 unspecified atom stereocenters. The second-order valence-corrected chi connectivity index (χ2v) is 8.27. The van der Waals surface area contributed by atoms with Crippen LogP contribution in [0.25, 0.3) is 5.57 Å². The van der Waals surface area contributed by atoms with Crippen LogP contribution < -0.4 is 4.90 Å². The molecule has 3 aromatic rings. The van der Waals surface area contributed by atoms with Gasteiger partial charge in [-0.2, -0.15) is 0 Å². The number of benzene rings is 3. The van der Waals surface area contributed by atoms with Crippen molar-refractivity contribution in [3.8, 4) is 0 Å². The molecular weight excluding hydrogens is 384 g/mol. The van der Waals surface area contributed by atoms with E-state index in [0.29, 0.717) is 30.0 Å². The van der Waals surface area contributed by atoms with Gasteiger partial charge < -0.3 is 4.90 Å². The van der Waals surface area contributed by atoms with Gasteiger partial charge in [0.05, 0.1) is 11.3 Å². The second-order valence-electron chi connectivity index (χ2n) is 8.27. The summed E-state index contributed by atoms with van der Waals surface area (Å²) >= 11 is 0. The Hall–Kier alpha value is -3.66. The molecule has 0 radical (unpaired) electrons. The zero-order valence-electron chi connectivity index (χ0n) is 17.8. The molecule has 0 bridgehead atoms. The molecule has 0 saturated heterocycles. The number of carbonyl (C=O) groups excluding carboxylic acids is 2. The second kappa shape index (κ2) is 7.55. The van der Waals surface area contributed by atoms with E-state index in [9.17, 15) is 9.59 Å². The summed E-state index contributed by atoms with van der Waals surface area (Å²) in [5, 5.41) is 0. The fourth-order valence-corrected chi connectivity index (χ4v) is 4.54. The van der Waals surface area contributed by atoms with Gasteiger partial charge >= 0.3 is 0 Å². The summed E-state index contributed by atoms with van der Waals surface area (Å²) in [5.74, 6) is -0.490. The van der Waals surface area contributed by atoms with E-state index < -0.39 is 0 Å². The molecule has 2 aliphatic heterocycles. The third-order valence-corrected chi connectivity index (χ3v) is 6.17. The molecule has 5 rings (SSSR count). The lowest BCUT2D eigenvalue weighted by Gasteiger charge is -2.31. The molecule has 2 amide bonds. The number of anilines is 1. The lowest BCUT2D eigenvalue weighted by molar-refractivity contribution is -0.120. The van der Waals surface area contributed by atoms with Crippen LogP contribution in [-0.4, -0.2) is 23.3 Å². The molecule has 4 heteroatoms. The number of rotatable bonds is 3. The van der Waals surface area contributed by atoms with E-state index in [0.717, 1.165) is 23.1 Å². The van der Waals surface area contributed by atoms with Crippen LogP contribution in [0.4, 0.5) is 5.69 Å². The van der Waals surface area contributed by atoms with Crippen LogP contribution in [0.1, 0.15) is 27.8 Å². The Balaban J connectivity index is 1.64. The van der Waals surface area contributed by atoms with Gasteiger partial charge in [0.1, 0.15) is 5.70 Å². The molecule has 0 fully saturated rings. The lowest BCUT2D eigenvalue weighted by Crippen LogP contribution is -2.37. The normalized spacial score (nSPS) is 16.2. The van der Waals surface area contributed by atoms with Gasteiger partial charge in [0.25, 0.3) is 11.8 Å². The van der Waals surface area contributed by atoms with Gasteiger partial charge in [-0.1, -0.05) is 66.7 Å². The molecule has 0 N–H and O–H groups in total. The predicted octanol–water partition coefficient (Wildman–Crippen LogP) is 4.65. The zero-order chi connectivity index (χ0) is 21.5. The summed E-state index contributed by atoms with van der Waals surface area (Å²) in [6, 6.07) is 23.8.